The molecule has 5 heteroatoms. The first-order valence-corrected chi connectivity index (χ1v) is 3.83. The highest BCUT2D eigenvalue weighted by Crippen LogP contribution is 2.37. The molecule has 2 aliphatic rings. The molecule has 2 fully saturated rings. The van der Waals surface area contributed by atoms with Crippen LogP contribution in [-0.4, -0.2) is 33.9 Å². The molecule has 12 heavy (non-hydrogen) atoms. The van der Waals surface area contributed by atoms with Gasteiger partial charge in [-0.25, -0.2) is 0 Å². The Kier molecular flexibility index (Phi) is 2.33. The molecule has 2 aliphatic heterocycles. The Labute approximate surface area is 76.4 Å². The highest BCUT2D eigenvalue weighted by Gasteiger charge is 2.54. The van der Waals surface area contributed by atoms with Crippen molar-refractivity contribution in [3.63, 3.8) is 0 Å². The summed E-state index contributed by atoms with van der Waals surface area (Å²) in [4.78, 5) is 10.8. The summed E-state index contributed by atoms with van der Waals surface area (Å²) in [5.74, 6) is -0.823. The predicted octanol–water partition coefficient (Wildman–Crippen LogP) is -0.252. The van der Waals surface area contributed by atoms with Crippen LogP contribution in [0.3, 0.4) is 0 Å². The molecule has 0 saturated carbocycles. The molecule has 3 N–H and O–H groups in total. The highest BCUT2D eigenvalue weighted by molar-refractivity contribution is 5.85. The van der Waals surface area contributed by atoms with Gasteiger partial charge in [0.2, 0.25) is 0 Å². The maximum atomic E-state index is 10.8. The third kappa shape index (κ3) is 1.11. The Bertz CT molecular complexity index is 207. The van der Waals surface area contributed by atoms with E-state index in [0.29, 0.717) is 12.8 Å². The maximum absolute atomic E-state index is 10.8. The van der Waals surface area contributed by atoms with Crippen LogP contribution in [0.5, 0.6) is 0 Å². The SMILES string of the molecule is Cl.O=C(O)[C@]12CC[C@H](N1)[C@H](O)C2. The van der Waals surface area contributed by atoms with Crippen molar-refractivity contribution >= 4 is 18.4 Å². The quantitative estimate of drug-likeness (QED) is 0.537. The van der Waals surface area contributed by atoms with Gasteiger partial charge >= 0.3 is 5.97 Å². The van der Waals surface area contributed by atoms with E-state index in [9.17, 15) is 9.90 Å². The topological polar surface area (TPSA) is 69.6 Å². The number of carboxylic acid groups (broad SMARTS) is 1. The van der Waals surface area contributed by atoms with E-state index in [4.69, 9.17) is 5.11 Å². The minimum absolute atomic E-state index is 0. The minimum atomic E-state index is -0.823. The normalized spacial score (nSPS) is 44.1. The van der Waals surface area contributed by atoms with Gasteiger partial charge in [0.05, 0.1) is 6.10 Å². The van der Waals surface area contributed by atoms with Crippen molar-refractivity contribution in [1.29, 1.82) is 0 Å². The zero-order valence-electron chi connectivity index (χ0n) is 6.49. The third-order valence-electron chi connectivity index (χ3n) is 2.78. The van der Waals surface area contributed by atoms with Crippen molar-refractivity contribution < 1.29 is 15.0 Å². The van der Waals surface area contributed by atoms with Crippen LogP contribution in [0, 0.1) is 0 Å². The molecule has 0 aromatic heterocycles. The van der Waals surface area contributed by atoms with Crippen LogP contribution >= 0.6 is 12.4 Å². The molecule has 3 atom stereocenters. The monoisotopic (exact) mass is 193 g/mol. The molecule has 0 aromatic carbocycles. The van der Waals surface area contributed by atoms with Crippen LogP contribution in [0.4, 0.5) is 0 Å². The van der Waals surface area contributed by atoms with Gasteiger partial charge in [0, 0.05) is 12.5 Å². The number of aliphatic carboxylic acids is 1. The second-order valence-electron chi connectivity index (χ2n) is 3.45. The summed E-state index contributed by atoms with van der Waals surface area (Å²) in [6.45, 7) is 0. The average molecular weight is 194 g/mol. The highest BCUT2D eigenvalue weighted by atomic mass is 35.5. The molecule has 0 aromatic rings. The fourth-order valence-corrected chi connectivity index (χ4v) is 2.11. The van der Waals surface area contributed by atoms with E-state index in [1.54, 1.807) is 0 Å². The molecule has 4 nitrogen and oxygen atoms in total. The van der Waals surface area contributed by atoms with Crippen LogP contribution in [0.25, 0.3) is 0 Å². The summed E-state index contributed by atoms with van der Waals surface area (Å²) in [7, 11) is 0. The number of nitrogens with one attached hydrogen (secondary N) is 1. The summed E-state index contributed by atoms with van der Waals surface area (Å²) >= 11 is 0. The molecule has 2 heterocycles. The van der Waals surface area contributed by atoms with Crippen LogP contribution < -0.4 is 5.32 Å². The molecule has 0 unspecified atom stereocenters. The van der Waals surface area contributed by atoms with E-state index in [2.05, 4.69) is 5.32 Å². The first kappa shape index (κ1) is 9.77. The molecule has 2 saturated heterocycles. The summed E-state index contributed by atoms with van der Waals surface area (Å²) in [5.41, 5.74) is -0.802. The number of carbonyl (C=O) groups is 1. The summed E-state index contributed by atoms with van der Waals surface area (Å²) in [6, 6.07) is 0.0195. The van der Waals surface area contributed by atoms with Gasteiger partial charge in [-0.15, -0.1) is 12.4 Å². The van der Waals surface area contributed by atoms with E-state index in [1.807, 2.05) is 0 Å². The Morgan fingerprint density at radius 2 is 2.25 bits per heavy atom. The van der Waals surface area contributed by atoms with Crippen molar-refractivity contribution in [3.8, 4) is 0 Å². The van der Waals surface area contributed by atoms with Crippen molar-refractivity contribution in [3.05, 3.63) is 0 Å². The van der Waals surface area contributed by atoms with E-state index in [-0.39, 0.29) is 18.4 Å². The van der Waals surface area contributed by atoms with E-state index in [1.165, 1.54) is 0 Å². The number of hydrogen-bond donors (Lipinski definition) is 3. The molecular weight excluding hydrogens is 182 g/mol. The fraction of sp³-hybridized carbons (Fsp3) is 0.857. The molecule has 70 valence electrons. The second-order valence-corrected chi connectivity index (χ2v) is 3.45. The van der Waals surface area contributed by atoms with E-state index in [0.717, 1.165) is 6.42 Å². The zero-order valence-corrected chi connectivity index (χ0v) is 7.30. The molecular formula is C7H12ClNO3. The summed E-state index contributed by atoms with van der Waals surface area (Å²) in [6.07, 6.45) is 1.35. The Balaban J connectivity index is 0.000000720. The number of fused-ring (bicyclic) bond motifs is 2. The van der Waals surface area contributed by atoms with Crippen molar-refractivity contribution in [2.24, 2.45) is 0 Å². The largest absolute Gasteiger partial charge is 0.480 e. The van der Waals surface area contributed by atoms with Gasteiger partial charge in [-0.05, 0) is 12.8 Å². The summed E-state index contributed by atoms with van der Waals surface area (Å²) < 4.78 is 0. The van der Waals surface area contributed by atoms with Crippen LogP contribution in [0.1, 0.15) is 19.3 Å². The predicted molar refractivity (Wildman–Crippen MR) is 44.4 cm³/mol. The average Bonchev–Trinajstić information content (AvgIpc) is 2.44. The number of rotatable bonds is 1. The number of carboxylic acids is 1. The number of aliphatic hydroxyl groups is 1. The lowest BCUT2D eigenvalue weighted by molar-refractivity contribution is -0.144. The van der Waals surface area contributed by atoms with Gasteiger partial charge in [0.25, 0.3) is 0 Å². The van der Waals surface area contributed by atoms with E-state index >= 15 is 0 Å². The number of halogens is 1. The van der Waals surface area contributed by atoms with Crippen LogP contribution in [-0.2, 0) is 4.79 Å². The number of aliphatic hydroxyl groups excluding tert-OH is 1. The zero-order chi connectivity index (χ0) is 8.06. The molecule has 0 amide bonds. The Morgan fingerprint density at radius 1 is 1.58 bits per heavy atom. The van der Waals surface area contributed by atoms with Crippen LogP contribution in [0.15, 0.2) is 0 Å². The van der Waals surface area contributed by atoms with Gasteiger partial charge in [-0.2, -0.15) is 0 Å². The third-order valence-corrected chi connectivity index (χ3v) is 2.78. The van der Waals surface area contributed by atoms with Crippen LogP contribution in [0.2, 0.25) is 0 Å². The summed E-state index contributed by atoms with van der Waals surface area (Å²) in [5, 5.41) is 21.1. The molecule has 0 aliphatic carbocycles. The lowest BCUT2D eigenvalue weighted by Crippen LogP contribution is -2.44. The van der Waals surface area contributed by atoms with Crippen molar-refractivity contribution in [1.82, 2.24) is 5.32 Å². The van der Waals surface area contributed by atoms with Crippen molar-refractivity contribution in [2.75, 3.05) is 0 Å². The van der Waals surface area contributed by atoms with Gasteiger partial charge in [0.1, 0.15) is 5.54 Å². The van der Waals surface area contributed by atoms with Gasteiger partial charge in [-0.1, -0.05) is 0 Å². The molecule has 0 radical (unpaired) electrons. The first-order chi connectivity index (χ1) is 5.14. The molecule has 2 rings (SSSR count). The molecule has 0 spiro atoms. The van der Waals surface area contributed by atoms with E-state index < -0.39 is 17.6 Å². The second kappa shape index (κ2) is 2.87. The van der Waals surface area contributed by atoms with Crippen molar-refractivity contribution in [2.45, 2.75) is 36.9 Å². The Hall–Kier alpha value is -0.320. The first-order valence-electron chi connectivity index (χ1n) is 3.83. The lowest BCUT2D eigenvalue weighted by Gasteiger charge is -2.21. The molecule has 2 bridgehead atoms. The van der Waals surface area contributed by atoms with Gasteiger partial charge < -0.3 is 10.2 Å². The Morgan fingerprint density at radius 3 is 2.50 bits per heavy atom. The standard InChI is InChI=1S/C7H11NO3.ClH/c9-5-3-7(6(10)11)2-1-4(5)8-7;/h4-5,8-9H,1-3H2,(H,10,11);1H/t4-,5+,7+;/m0./s1. The maximum Gasteiger partial charge on any atom is 0.324 e. The fourth-order valence-electron chi connectivity index (χ4n) is 2.11. The number of hydrogen-bond acceptors (Lipinski definition) is 3. The lowest BCUT2D eigenvalue weighted by atomic mass is 9.86. The smallest absolute Gasteiger partial charge is 0.324 e. The van der Waals surface area contributed by atoms with Gasteiger partial charge in [-0.3, -0.25) is 10.1 Å². The van der Waals surface area contributed by atoms with Gasteiger partial charge in [0.15, 0.2) is 0 Å². The minimum Gasteiger partial charge on any atom is -0.480 e.